The largest absolute Gasteiger partial charge is 0.396 e. The number of anilines is 1. The molecule has 5 nitrogen and oxygen atoms in total. The van der Waals surface area contributed by atoms with Gasteiger partial charge in [-0.05, 0) is 30.3 Å². The zero-order valence-electron chi connectivity index (χ0n) is 11.5. The normalized spacial score (nSPS) is 11.8. The van der Waals surface area contributed by atoms with Crippen LogP contribution in [0.1, 0.15) is 5.69 Å². The maximum absolute atomic E-state index is 13.1. The predicted molar refractivity (Wildman–Crippen MR) is 78.6 cm³/mol. The maximum Gasteiger partial charge on any atom is 0.242 e. The molecule has 1 aromatic heterocycles. The standard InChI is InChI=1S/C14H16FN3O2S/c1-18(9-7-11-4-2-3-8-17-11)21(19,20)12-5-6-13(15)14(16)10-12/h2-6,8,10H,7,9,16H2,1H3. The molecule has 0 radical (unpaired) electrons. The molecule has 2 aromatic rings. The van der Waals surface area contributed by atoms with Gasteiger partial charge in [0.05, 0.1) is 10.6 Å². The Morgan fingerprint density at radius 3 is 2.67 bits per heavy atom. The van der Waals surface area contributed by atoms with E-state index >= 15 is 0 Å². The highest BCUT2D eigenvalue weighted by atomic mass is 32.2. The van der Waals surface area contributed by atoms with Crippen LogP contribution in [-0.2, 0) is 16.4 Å². The van der Waals surface area contributed by atoms with Crippen LogP contribution in [0.4, 0.5) is 10.1 Å². The molecule has 0 amide bonds. The molecule has 0 spiro atoms. The highest BCUT2D eigenvalue weighted by molar-refractivity contribution is 7.89. The number of aromatic nitrogens is 1. The van der Waals surface area contributed by atoms with Crippen LogP contribution in [0.2, 0.25) is 0 Å². The van der Waals surface area contributed by atoms with Crippen molar-refractivity contribution < 1.29 is 12.8 Å². The van der Waals surface area contributed by atoms with Gasteiger partial charge in [-0.25, -0.2) is 17.1 Å². The summed E-state index contributed by atoms with van der Waals surface area (Å²) in [4.78, 5) is 4.12. The molecule has 21 heavy (non-hydrogen) atoms. The van der Waals surface area contributed by atoms with Crippen molar-refractivity contribution in [3.05, 3.63) is 54.1 Å². The molecule has 0 aliphatic heterocycles. The van der Waals surface area contributed by atoms with E-state index in [4.69, 9.17) is 5.73 Å². The first-order valence-corrected chi connectivity index (χ1v) is 7.76. The van der Waals surface area contributed by atoms with Gasteiger partial charge in [0.25, 0.3) is 0 Å². The highest BCUT2D eigenvalue weighted by Crippen LogP contribution is 2.19. The third kappa shape index (κ3) is 3.56. The lowest BCUT2D eigenvalue weighted by atomic mass is 10.3. The molecule has 0 bridgehead atoms. The summed E-state index contributed by atoms with van der Waals surface area (Å²) in [5.74, 6) is -0.634. The molecule has 0 atom stereocenters. The second kappa shape index (κ2) is 6.19. The van der Waals surface area contributed by atoms with Crippen molar-refractivity contribution in [1.29, 1.82) is 0 Å². The van der Waals surface area contributed by atoms with Gasteiger partial charge < -0.3 is 5.73 Å². The number of nitrogens with two attached hydrogens (primary N) is 1. The first-order valence-electron chi connectivity index (χ1n) is 6.32. The zero-order chi connectivity index (χ0) is 15.5. The van der Waals surface area contributed by atoms with Crippen LogP contribution in [-0.4, -0.2) is 31.3 Å². The molecular formula is C14H16FN3O2S. The Labute approximate surface area is 123 Å². The van der Waals surface area contributed by atoms with Gasteiger partial charge in [-0.2, -0.15) is 0 Å². The van der Waals surface area contributed by atoms with E-state index in [1.807, 2.05) is 12.1 Å². The lowest BCUT2D eigenvalue weighted by Crippen LogP contribution is -2.29. The lowest BCUT2D eigenvalue weighted by Gasteiger charge is -2.17. The van der Waals surface area contributed by atoms with Gasteiger partial charge in [-0.1, -0.05) is 6.07 Å². The van der Waals surface area contributed by atoms with E-state index in [0.29, 0.717) is 6.42 Å². The van der Waals surface area contributed by atoms with E-state index in [-0.39, 0.29) is 17.1 Å². The van der Waals surface area contributed by atoms with Gasteiger partial charge in [-0.3, -0.25) is 4.98 Å². The number of pyridine rings is 1. The Kier molecular flexibility index (Phi) is 4.54. The summed E-state index contributed by atoms with van der Waals surface area (Å²) in [6.07, 6.45) is 2.15. The third-order valence-electron chi connectivity index (χ3n) is 3.08. The van der Waals surface area contributed by atoms with Crippen molar-refractivity contribution in [2.75, 3.05) is 19.3 Å². The average Bonchev–Trinajstić information content (AvgIpc) is 2.48. The van der Waals surface area contributed by atoms with Gasteiger partial charge >= 0.3 is 0 Å². The summed E-state index contributed by atoms with van der Waals surface area (Å²) in [6, 6.07) is 8.86. The summed E-state index contributed by atoms with van der Waals surface area (Å²) in [5.41, 5.74) is 6.03. The van der Waals surface area contributed by atoms with E-state index < -0.39 is 15.8 Å². The van der Waals surface area contributed by atoms with E-state index in [0.717, 1.165) is 17.8 Å². The van der Waals surface area contributed by atoms with Crippen molar-refractivity contribution >= 4 is 15.7 Å². The molecule has 0 aliphatic carbocycles. The second-order valence-electron chi connectivity index (χ2n) is 4.58. The number of hydrogen-bond acceptors (Lipinski definition) is 4. The Bertz CT molecular complexity index is 720. The molecule has 7 heteroatoms. The fourth-order valence-electron chi connectivity index (χ4n) is 1.80. The van der Waals surface area contributed by atoms with Crippen LogP contribution >= 0.6 is 0 Å². The molecule has 0 saturated carbocycles. The van der Waals surface area contributed by atoms with E-state index in [1.54, 1.807) is 12.3 Å². The molecular weight excluding hydrogens is 293 g/mol. The van der Waals surface area contributed by atoms with Gasteiger partial charge in [0, 0.05) is 31.9 Å². The first kappa shape index (κ1) is 15.4. The smallest absolute Gasteiger partial charge is 0.242 e. The van der Waals surface area contributed by atoms with Crippen molar-refractivity contribution in [3.8, 4) is 0 Å². The number of hydrogen-bond donors (Lipinski definition) is 1. The quantitative estimate of drug-likeness (QED) is 0.852. The Morgan fingerprint density at radius 2 is 2.05 bits per heavy atom. The number of sulfonamides is 1. The maximum atomic E-state index is 13.1. The van der Waals surface area contributed by atoms with Crippen LogP contribution in [0, 0.1) is 5.82 Å². The monoisotopic (exact) mass is 309 g/mol. The SMILES string of the molecule is CN(CCc1ccccn1)S(=O)(=O)c1ccc(F)c(N)c1. The minimum absolute atomic E-state index is 0.0232. The fraction of sp³-hybridized carbons (Fsp3) is 0.214. The van der Waals surface area contributed by atoms with E-state index in [9.17, 15) is 12.8 Å². The Morgan fingerprint density at radius 1 is 1.29 bits per heavy atom. The molecule has 112 valence electrons. The van der Waals surface area contributed by atoms with Crippen LogP contribution in [0.25, 0.3) is 0 Å². The van der Waals surface area contributed by atoms with Crippen LogP contribution in [0.15, 0.2) is 47.5 Å². The molecule has 0 fully saturated rings. The molecule has 0 unspecified atom stereocenters. The van der Waals surface area contributed by atoms with Crippen LogP contribution in [0.3, 0.4) is 0 Å². The molecule has 0 saturated heterocycles. The molecule has 1 heterocycles. The van der Waals surface area contributed by atoms with Crippen molar-refractivity contribution in [3.63, 3.8) is 0 Å². The average molecular weight is 309 g/mol. The van der Waals surface area contributed by atoms with Crippen LogP contribution < -0.4 is 5.73 Å². The van der Waals surface area contributed by atoms with Crippen molar-refractivity contribution in [2.45, 2.75) is 11.3 Å². The highest BCUT2D eigenvalue weighted by Gasteiger charge is 2.21. The van der Waals surface area contributed by atoms with E-state index in [1.165, 1.54) is 17.4 Å². The minimum atomic E-state index is -3.69. The number of nitrogens with zero attached hydrogens (tertiary/aromatic N) is 2. The van der Waals surface area contributed by atoms with Crippen molar-refractivity contribution in [1.82, 2.24) is 9.29 Å². The van der Waals surface area contributed by atoms with Gasteiger partial charge in [0.2, 0.25) is 10.0 Å². The number of halogens is 1. The van der Waals surface area contributed by atoms with Gasteiger partial charge in [0.1, 0.15) is 5.82 Å². The lowest BCUT2D eigenvalue weighted by molar-refractivity contribution is 0.471. The zero-order valence-corrected chi connectivity index (χ0v) is 12.3. The number of likely N-dealkylation sites (N-methyl/N-ethyl adjacent to an activating group) is 1. The summed E-state index contributed by atoms with van der Waals surface area (Å²) in [5, 5.41) is 0. The van der Waals surface area contributed by atoms with E-state index in [2.05, 4.69) is 4.98 Å². The minimum Gasteiger partial charge on any atom is -0.396 e. The molecule has 1 aromatic carbocycles. The van der Waals surface area contributed by atoms with Gasteiger partial charge in [0.15, 0.2) is 0 Å². The number of rotatable bonds is 5. The topological polar surface area (TPSA) is 76.3 Å². The van der Waals surface area contributed by atoms with Crippen molar-refractivity contribution in [2.24, 2.45) is 0 Å². The second-order valence-corrected chi connectivity index (χ2v) is 6.63. The molecule has 2 N–H and O–H groups in total. The number of benzene rings is 1. The Balaban J connectivity index is 2.13. The molecule has 0 aliphatic rings. The summed E-state index contributed by atoms with van der Waals surface area (Å²) < 4.78 is 39.0. The predicted octanol–water partition coefficient (Wildman–Crippen LogP) is 1.67. The summed E-state index contributed by atoms with van der Waals surface area (Å²) in [6.45, 7) is 0.274. The van der Waals surface area contributed by atoms with Gasteiger partial charge in [-0.15, -0.1) is 0 Å². The Hall–Kier alpha value is -1.99. The van der Waals surface area contributed by atoms with Crippen LogP contribution in [0.5, 0.6) is 0 Å². The third-order valence-corrected chi connectivity index (χ3v) is 4.94. The first-order chi connectivity index (χ1) is 9.91. The fourth-order valence-corrected chi connectivity index (χ4v) is 3.01. The molecule has 2 rings (SSSR count). The summed E-state index contributed by atoms with van der Waals surface area (Å²) in [7, 11) is -2.22. The summed E-state index contributed by atoms with van der Waals surface area (Å²) >= 11 is 0. The number of nitrogen functional groups attached to an aromatic ring is 1.